The number of halogens is 2. The minimum absolute atomic E-state index is 0.0818. The Morgan fingerprint density at radius 1 is 1.15 bits per heavy atom. The van der Waals surface area contributed by atoms with E-state index < -0.39 is 11.9 Å². The van der Waals surface area contributed by atoms with Crippen molar-refractivity contribution >= 4 is 35.1 Å². The minimum atomic E-state index is -1.20. The predicted molar refractivity (Wildman–Crippen MR) is 95.7 cm³/mol. The number of nitrogens with zero attached hydrogens (tertiary/aromatic N) is 1. The van der Waals surface area contributed by atoms with Gasteiger partial charge in [-0.3, -0.25) is 9.89 Å². The van der Waals surface area contributed by atoms with Crippen LogP contribution in [0, 0.1) is 0 Å². The molecule has 0 unspecified atom stereocenters. The molecule has 0 aliphatic rings. The summed E-state index contributed by atoms with van der Waals surface area (Å²) >= 11 is 11.9. The molecule has 0 aliphatic heterocycles. The Balaban J connectivity index is 1.57. The number of hydrogen-bond acceptors (Lipinski definition) is 4. The predicted octanol–water partition coefficient (Wildman–Crippen LogP) is 3.65. The van der Waals surface area contributed by atoms with Crippen LogP contribution >= 0.6 is 23.2 Å². The Hall–Kier alpha value is -2.77. The molecule has 0 aliphatic carbocycles. The summed E-state index contributed by atoms with van der Waals surface area (Å²) in [6.45, 7) is 0.314. The number of carbonyl (C=O) groups excluding carboxylic acids is 1. The fourth-order valence-electron chi connectivity index (χ4n) is 2.26. The molecule has 1 amide bonds. The molecule has 0 radical (unpaired) electrons. The van der Waals surface area contributed by atoms with Crippen LogP contribution in [0.15, 0.2) is 40.8 Å². The van der Waals surface area contributed by atoms with Crippen LogP contribution < -0.4 is 5.32 Å². The average Bonchev–Trinajstić information content (AvgIpc) is 3.27. The van der Waals surface area contributed by atoms with E-state index in [-0.39, 0.29) is 11.4 Å². The van der Waals surface area contributed by atoms with Crippen molar-refractivity contribution in [1.82, 2.24) is 15.5 Å². The van der Waals surface area contributed by atoms with Gasteiger partial charge in [0.15, 0.2) is 5.69 Å². The van der Waals surface area contributed by atoms with E-state index in [0.29, 0.717) is 34.5 Å². The van der Waals surface area contributed by atoms with Gasteiger partial charge in [-0.15, -0.1) is 0 Å². The van der Waals surface area contributed by atoms with E-state index in [0.717, 1.165) is 5.56 Å². The standard InChI is InChI=1S/C17H13Cl2N3O4/c18-11-3-1-9(7-12(11)19)15-4-2-10(26-15)5-6-20-16(23)13-8-14(17(24)25)22-21-13/h1-4,7-8H,5-6H2,(H,20,23)(H,21,22)(H,24,25). The highest BCUT2D eigenvalue weighted by Crippen LogP contribution is 2.29. The second-order valence-corrected chi connectivity index (χ2v) is 6.19. The van der Waals surface area contributed by atoms with Crippen LogP contribution in [0.2, 0.25) is 10.0 Å². The van der Waals surface area contributed by atoms with Crippen LogP contribution in [-0.2, 0) is 6.42 Å². The summed E-state index contributed by atoms with van der Waals surface area (Å²) in [6.07, 6.45) is 0.465. The zero-order valence-corrected chi connectivity index (χ0v) is 14.8. The zero-order chi connectivity index (χ0) is 18.7. The number of furan rings is 1. The monoisotopic (exact) mass is 393 g/mol. The maximum Gasteiger partial charge on any atom is 0.356 e. The maximum atomic E-state index is 11.9. The highest BCUT2D eigenvalue weighted by Gasteiger charge is 2.14. The maximum absolute atomic E-state index is 11.9. The molecular formula is C17H13Cl2N3O4. The van der Waals surface area contributed by atoms with E-state index >= 15 is 0 Å². The average molecular weight is 394 g/mol. The number of rotatable bonds is 6. The lowest BCUT2D eigenvalue weighted by atomic mass is 10.2. The van der Waals surface area contributed by atoms with Gasteiger partial charge in [0, 0.05) is 24.6 Å². The summed E-state index contributed by atoms with van der Waals surface area (Å²) in [5.41, 5.74) is 0.666. The van der Waals surface area contributed by atoms with Gasteiger partial charge in [-0.2, -0.15) is 5.10 Å². The van der Waals surface area contributed by atoms with Crippen molar-refractivity contribution in [1.29, 1.82) is 0 Å². The number of aromatic amines is 1. The van der Waals surface area contributed by atoms with Crippen molar-refractivity contribution in [2.45, 2.75) is 6.42 Å². The molecule has 0 bridgehead atoms. The van der Waals surface area contributed by atoms with Gasteiger partial charge < -0.3 is 14.8 Å². The Bertz CT molecular complexity index is 965. The van der Waals surface area contributed by atoms with Gasteiger partial charge in [0.2, 0.25) is 0 Å². The molecule has 0 fully saturated rings. The normalized spacial score (nSPS) is 10.7. The van der Waals surface area contributed by atoms with Gasteiger partial charge in [-0.1, -0.05) is 23.2 Å². The van der Waals surface area contributed by atoms with Gasteiger partial charge in [-0.05, 0) is 30.3 Å². The number of benzene rings is 1. The number of hydrogen-bond donors (Lipinski definition) is 3. The van der Waals surface area contributed by atoms with Crippen molar-refractivity contribution in [2.24, 2.45) is 0 Å². The lowest BCUT2D eigenvalue weighted by molar-refractivity contribution is 0.0690. The van der Waals surface area contributed by atoms with Crippen LogP contribution in [0.25, 0.3) is 11.3 Å². The highest BCUT2D eigenvalue weighted by molar-refractivity contribution is 6.42. The number of H-pyrrole nitrogens is 1. The van der Waals surface area contributed by atoms with E-state index in [1.165, 1.54) is 6.07 Å². The number of nitrogens with one attached hydrogen (secondary N) is 2. The van der Waals surface area contributed by atoms with Gasteiger partial charge >= 0.3 is 5.97 Å². The van der Waals surface area contributed by atoms with Gasteiger partial charge in [0.05, 0.1) is 10.0 Å². The van der Waals surface area contributed by atoms with Crippen LogP contribution in [0.3, 0.4) is 0 Å². The summed E-state index contributed by atoms with van der Waals surface area (Å²) in [7, 11) is 0. The van der Waals surface area contributed by atoms with E-state index in [2.05, 4.69) is 15.5 Å². The van der Waals surface area contributed by atoms with Crippen LogP contribution in [0.1, 0.15) is 26.7 Å². The Kier molecular flexibility index (Phi) is 5.29. The molecule has 1 aromatic carbocycles. The summed E-state index contributed by atoms with van der Waals surface area (Å²) < 4.78 is 5.74. The third kappa shape index (κ3) is 4.07. The fraction of sp³-hybridized carbons (Fsp3) is 0.118. The first-order valence-corrected chi connectivity index (χ1v) is 8.30. The molecular weight excluding hydrogens is 381 g/mol. The lowest BCUT2D eigenvalue weighted by Crippen LogP contribution is -2.25. The summed E-state index contributed by atoms with van der Waals surface area (Å²) in [4.78, 5) is 22.7. The number of amides is 1. The van der Waals surface area contributed by atoms with Gasteiger partial charge in [-0.25, -0.2) is 4.79 Å². The van der Waals surface area contributed by atoms with E-state index in [1.54, 1.807) is 18.2 Å². The highest BCUT2D eigenvalue weighted by atomic mass is 35.5. The molecule has 7 nitrogen and oxygen atoms in total. The summed E-state index contributed by atoms with van der Waals surface area (Å²) in [6, 6.07) is 10.0. The molecule has 3 N–H and O–H groups in total. The molecule has 0 saturated heterocycles. The molecule has 0 spiro atoms. The number of aromatic carboxylic acids is 1. The lowest BCUT2D eigenvalue weighted by Gasteiger charge is -2.02. The first-order valence-electron chi connectivity index (χ1n) is 7.55. The zero-order valence-electron chi connectivity index (χ0n) is 13.3. The minimum Gasteiger partial charge on any atom is -0.476 e. The molecule has 0 saturated carbocycles. The Morgan fingerprint density at radius 2 is 1.96 bits per heavy atom. The van der Waals surface area contributed by atoms with Crippen molar-refractivity contribution in [3.63, 3.8) is 0 Å². The second kappa shape index (κ2) is 7.63. The molecule has 2 aromatic heterocycles. The van der Waals surface area contributed by atoms with E-state index in [9.17, 15) is 9.59 Å². The van der Waals surface area contributed by atoms with Crippen molar-refractivity contribution in [3.05, 3.63) is 63.6 Å². The van der Waals surface area contributed by atoms with Crippen LogP contribution in [0.4, 0.5) is 0 Å². The summed E-state index contributed by atoms with van der Waals surface area (Å²) in [5.74, 6) is -0.321. The van der Waals surface area contributed by atoms with Crippen molar-refractivity contribution in [2.75, 3.05) is 6.54 Å². The molecule has 9 heteroatoms. The second-order valence-electron chi connectivity index (χ2n) is 5.37. The van der Waals surface area contributed by atoms with Gasteiger partial charge in [0.25, 0.3) is 5.91 Å². The Morgan fingerprint density at radius 3 is 2.65 bits per heavy atom. The number of aromatic nitrogens is 2. The summed E-state index contributed by atoms with van der Waals surface area (Å²) in [5, 5.41) is 18.3. The molecule has 26 heavy (non-hydrogen) atoms. The van der Waals surface area contributed by atoms with Crippen LogP contribution in [0.5, 0.6) is 0 Å². The van der Waals surface area contributed by atoms with Crippen molar-refractivity contribution < 1.29 is 19.1 Å². The number of carboxylic acid groups (broad SMARTS) is 1. The molecule has 0 atom stereocenters. The van der Waals surface area contributed by atoms with E-state index in [1.807, 2.05) is 12.1 Å². The third-order valence-corrected chi connectivity index (χ3v) is 4.30. The number of carboxylic acids is 1. The molecule has 134 valence electrons. The topological polar surface area (TPSA) is 108 Å². The first-order chi connectivity index (χ1) is 12.4. The van der Waals surface area contributed by atoms with E-state index in [4.69, 9.17) is 32.7 Å². The van der Waals surface area contributed by atoms with Crippen LogP contribution in [-0.4, -0.2) is 33.7 Å². The smallest absolute Gasteiger partial charge is 0.356 e. The van der Waals surface area contributed by atoms with Gasteiger partial charge in [0.1, 0.15) is 17.2 Å². The fourth-order valence-corrected chi connectivity index (χ4v) is 2.56. The molecule has 3 aromatic rings. The largest absolute Gasteiger partial charge is 0.476 e. The first kappa shape index (κ1) is 18.0. The van der Waals surface area contributed by atoms with Crippen molar-refractivity contribution in [3.8, 4) is 11.3 Å². The quantitative estimate of drug-likeness (QED) is 0.592. The SMILES string of the molecule is O=C(O)c1cc(C(=O)NCCc2ccc(-c3ccc(Cl)c(Cl)c3)o2)[nH]n1. The Labute approximate surface area is 157 Å². The number of carbonyl (C=O) groups is 2. The molecule has 3 rings (SSSR count). The molecule has 2 heterocycles. The third-order valence-electron chi connectivity index (χ3n) is 3.56.